The molecule has 130 valence electrons. The van der Waals surface area contributed by atoms with Gasteiger partial charge in [0.2, 0.25) is 10.6 Å². The molecule has 1 N–H and O–H groups in total. The number of nitrogens with zero attached hydrogens (tertiary/aromatic N) is 3. The Labute approximate surface area is 150 Å². The Morgan fingerprint density at radius 1 is 1.40 bits per heavy atom. The number of benzene rings is 1. The van der Waals surface area contributed by atoms with E-state index in [1.807, 2.05) is 0 Å². The number of furan rings is 1. The second-order valence-corrected chi connectivity index (χ2v) is 5.62. The van der Waals surface area contributed by atoms with Crippen LogP contribution in [0.25, 0.3) is 0 Å². The third kappa shape index (κ3) is 4.31. The third-order valence-electron chi connectivity index (χ3n) is 3.03. The lowest BCUT2D eigenvalue weighted by molar-refractivity contribution is 0.136. The number of rotatable bonds is 6. The number of hydrogen-bond donors (Lipinski definition) is 1. The fourth-order valence-electron chi connectivity index (χ4n) is 1.92. The predicted molar refractivity (Wildman–Crippen MR) is 89.9 cm³/mol. The summed E-state index contributed by atoms with van der Waals surface area (Å²) in [5.41, 5.74) is 0. The van der Waals surface area contributed by atoms with Crippen LogP contribution in [0.5, 0.6) is 5.75 Å². The summed E-state index contributed by atoms with van der Waals surface area (Å²) in [6.07, 6.45) is -1.54. The number of aromatic nitrogens is 3. The molecule has 0 unspecified atom stereocenters. The number of nitrogens with one attached hydrogen (secondary N) is 1. The fraction of sp³-hybridized carbons (Fsp3) is 0.133. The van der Waals surface area contributed by atoms with E-state index in [1.54, 1.807) is 36.4 Å². The molecule has 0 radical (unpaired) electrons. The summed E-state index contributed by atoms with van der Waals surface area (Å²) in [6, 6.07) is 10.3. The molecule has 10 heteroatoms. The first-order valence-electron chi connectivity index (χ1n) is 7.00. The maximum Gasteiger partial charge on any atom is 0.299 e. The molecule has 6 nitrogen and oxygen atoms in total. The van der Waals surface area contributed by atoms with Crippen LogP contribution >= 0.6 is 23.8 Å². The Kier molecular flexibility index (Phi) is 5.25. The Balaban J connectivity index is 1.68. The molecule has 0 fully saturated rings. The van der Waals surface area contributed by atoms with Crippen molar-refractivity contribution in [2.75, 3.05) is 0 Å². The van der Waals surface area contributed by atoms with Gasteiger partial charge in [-0.2, -0.15) is 14.9 Å². The van der Waals surface area contributed by atoms with Gasteiger partial charge < -0.3 is 9.15 Å². The van der Waals surface area contributed by atoms with E-state index in [0.29, 0.717) is 22.3 Å². The van der Waals surface area contributed by atoms with Crippen LogP contribution in [0, 0.1) is 4.77 Å². The van der Waals surface area contributed by atoms with E-state index < -0.39 is 12.2 Å². The maximum atomic E-state index is 12.8. The highest BCUT2D eigenvalue weighted by molar-refractivity contribution is 7.71. The highest BCUT2D eigenvalue weighted by atomic mass is 35.5. The monoisotopic (exact) mass is 384 g/mol. The number of ether oxygens (including phenoxy) is 1. The van der Waals surface area contributed by atoms with E-state index >= 15 is 0 Å². The number of H-pyrrole nitrogens is 1. The Morgan fingerprint density at radius 3 is 3.00 bits per heavy atom. The number of alkyl halides is 2. The molecule has 0 amide bonds. The Bertz CT molecular complexity index is 951. The van der Waals surface area contributed by atoms with Gasteiger partial charge in [0, 0.05) is 5.02 Å². The standard InChI is InChI=1S/C15H11ClF2N4O2S/c16-9-2-1-3-10(6-9)23-8-12-5-4-11(24-12)7-19-22-14(13(17)18)20-21-15(22)25/h1-7,13H,8H2,(H,21,25). The third-order valence-corrected chi connectivity index (χ3v) is 3.53. The van der Waals surface area contributed by atoms with Crippen molar-refractivity contribution in [2.24, 2.45) is 5.10 Å². The van der Waals surface area contributed by atoms with Gasteiger partial charge in [-0.25, -0.2) is 13.9 Å². The highest BCUT2D eigenvalue weighted by Crippen LogP contribution is 2.19. The highest BCUT2D eigenvalue weighted by Gasteiger charge is 2.16. The van der Waals surface area contributed by atoms with Gasteiger partial charge in [0.25, 0.3) is 6.43 Å². The largest absolute Gasteiger partial charge is 0.486 e. The second-order valence-electron chi connectivity index (χ2n) is 4.79. The van der Waals surface area contributed by atoms with Crippen molar-refractivity contribution >= 4 is 30.0 Å². The summed E-state index contributed by atoms with van der Waals surface area (Å²) >= 11 is 10.7. The normalized spacial score (nSPS) is 11.5. The molecule has 0 saturated heterocycles. The average Bonchev–Trinajstić information content (AvgIpc) is 3.17. The van der Waals surface area contributed by atoms with E-state index in [9.17, 15) is 8.78 Å². The minimum Gasteiger partial charge on any atom is -0.486 e. The average molecular weight is 385 g/mol. The molecular formula is C15H11ClF2N4O2S. The van der Waals surface area contributed by atoms with Gasteiger partial charge in [-0.05, 0) is 42.5 Å². The fourth-order valence-corrected chi connectivity index (χ4v) is 2.29. The lowest BCUT2D eigenvalue weighted by atomic mass is 10.3. The van der Waals surface area contributed by atoms with Gasteiger partial charge in [-0.3, -0.25) is 0 Å². The number of aromatic amines is 1. The quantitative estimate of drug-likeness (QED) is 0.498. The lowest BCUT2D eigenvalue weighted by Gasteiger charge is -2.03. The maximum absolute atomic E-state index is 12.8. The summed E-state index contributed by atoms with van der Waals surface area (Å²) in [7, 11) is 0. The van der Waals surface area contributed by atoms with Crippen molar-refractivity contribution in [3.63, 3.8) is 0 Å². The molecule has 0 aliphatic rings. The van der Waals surface area contributed by atoms with E-state index in [1.165, 1.54) is 6.21 Å². The van der Waals surface area contributed by atoms with Crippen LogP contribution in [-0.2, 0) is 6.61 Å². The van der Waals surface area contributed by atoms with Gasteiger partial charge in [-0.15, -0.1) is 0 Å². The van der Waals surface area contributed by atoms with Crippen LogP contribution in [0.1, 0.15) is 23.8 Å². The van der Waals surface area contributed by atoms with Crippen LogP contribution in [0.15, 0.2) is 45.9 Å². The summed E-state index contributed by atoms with van der Waals surface area (Å²) in [6.45, 7) is 0.182. The minimum atomic E-state index is -2.80. The van der Waals surface area contributed by atoms with Crippen LogP contribution in [0.2, 0.25) is 5.02 Å². The van der Waals surface area contributed by atoms with Crippen LogP contribution < -0.4 is 4.74 Å². The molecule has 2 heterocycles. The summed E-state index contributed by atoms with van der Waals surface area (Å²) in [5, 5.41) is 10.1. The minimum absolute atomic E-state index is 0.0392. The summed E-state index contributed by atoms with van der Waals surface area (Å²) in [5.74, 6) is 0.919. The van der Waals surface area contributed by atoms with Crippen molar-refractivity contribution in [3.8, 4) is 5.75 Å². The van der Waals surface area contributed by atoms with Crippen LogP contribution in [-0.4, -0.2) is 21.1 Å². The van der Waals surface area contributed by atoms with Gasteiger partial charge in [0.05, 0.1) is 6.21 Å². The molecule has 0 aliphatic heterocycles. The van der Waals surface area contributed by atoms with Crippen molar-refractivity contribution in [3.05, 3.63) is 63.5 Å². The number of halogens is 3. The zero-order valence-electron chi connectivity index (χ0n) is 12.5. The van der Waals surface area contributed by atoms with Gasteiger partial charge >= 0.3 is 0 Å². The van der Waals surface area contributed by atoms with Crippen LogP contribution in [0.3, 0.4) is 0 Å². The smallest absolute Gasteiger partial charge is 0.299 e. The first kappa shape index (κ1) is 17.3. The van der Waals surface area contributed by atoms with E-state index in [4.69, 9.17) is 33.0 Å². The molecular weight excluding hydrogens is 374 g/mol. The molecule has 0 spiro atoms. The molecule has 2 aromatic heterocycles. The SMILES string of the molecule is FC(F)c1n[nH]c(=S)n1N=Cc1ccc(COc2cccc(Cl)c2)o1. The van der Waals surface area contributed by atoms with E-state index in [-0.39, 0.29) is 11.4 Å². The first-order valence-corrected chi connectivity index (χ1v) is 7.78. The Morgan fingerprint density at radius 2 is 2.24 bits per heavy atom. The van der Waals surface area contributed by atoms with Crippen LogP contribution in [0.4, 0.5) is 8.78 Å². The van der Waals surface area contributed by atoms with E-state index in [2.05, 4.69) is 15.3 Å². The second kappa shape index (κ2) is 7.58. The Hall–Kier alpha value is -2.52. The van der Waals surface area contributed by atoms with Crippen molar-refractivity contribution in [1.29, 1.82) is 0 Å². The molecule has 1 aromatic carbocycles. The molecule has 3 rings (SSSR count). The predicted octanol–water partition coefficient (Wildman–Crippen LogP) is 4.59. The molecule has 3 aromatic rings. The number of hydrogen-bond acceptors (Lipinski definition) is 5. The molecule has 0 saturated carbocycles. The summed E-state index contributed by atoms with van der Waals surface area (Å²) in [4.78, 5) is 0. The molecule has 25 heavy (non-hydrogen) atoms. The van der Waals surface area contributed by atoms with Gasteiger partial charge in [0.15, 0.2) is 0 Å². The lowest BCUT2D eigenvalue weighted by Crippen LogP contribution is -1.99. The zero-order chi connectivity index (χ0) is 17.8. The molecule has 0 atom stereocenters. The van der Waals surface area contributed by atoms with Crippen molar-refractivity contribution in [1.82, 2.24) is 14.9 Å². The summed E-state index contributed by atoms with van der Waals surface area (Å²) < 4.78 is 37.4. The molecule has 0 bridgehead atoms. The van der Waals surface area contributed by atoms with Gasteiger partial charge in [-0.1, -0.05) is 17.7 Å². The van der Waals surface area contributed by atoms with E-state index in [0.717, 1.165) is 4.68 Å². The topological polar surface area (TPSA) is 68.3 Å². The van der Waals surface area contributed by atoms with Crippen molar-refractivity contribution < 1.29 is 17.9 Å². The van der Waals surface area contributed by atoms with Gasteiger partial charge in [0.1, 0.15) is 23.9 Å². The first-order chi connectivity index (χ1) is 12.0. The molecule has 0 aliphatic carbocycles. The van der Waals surface area contributed by atoms with Crippen molar-refractivity contribution in [2.45, 2.75) is 13.0 Å². The zero-order valence-corrected chi connectivity index (χ0v) is 14.1.